The zero-order chi connectivity index (χ0) is 11.8. The Morgan fingerprint density at radius 1 is 1.06 bits per heavy atom. The van der Waals surface area contributed by atoms with Crippen molar-refractivity contribution in [1.82, 2.24) is 0 Å². The van der Waals surface area contributed by atoms with Gasteiger partial charge in [0.05, 0.1) is 6.61 Å². The van der Waals surface area contributed by atoms with Crippen LogP contribution in [0.25, 0.3) is 0 Å². The summed E-state index contributed by atoms with van der Waals surface area (Å²) < 4.78 is 17.5. The first-order valence-corrected chi connectivity index (χ1v) is 6.83. The molecule has 1 atom stereocenters. The molecule has 0 aliphatic heterocycles. The molecule has 0 aliphatic rings. The van der Waals surface area contributed by atoms with Crippen molar-refractivity contribution in [2.45, 2.75) is 13.8 Å². The van der Waals surface area contributed by atoms with Crippen LogP contribution in [0.2, 0.25) is 0 Å². The van der Waals surface area contributed by atoms with Gasteiger partial charge in [0.1, 0.15) is 0 Å². The fourth-order valence-electron chi connectivity index (χ4n) is 0.360. The molecule has 1 unspecified atom stereocenters. The Morgan fingerprint density at radius 3 is 1.35 bits per heavy atom. The van der Waals surface area contributed by atoms with Crippen LogP contribution in [0.4, 0.5) is 0 Å². The molecule has 0 aromatic carbocycles. The highest BCUT2D eigenvalue weighted by Crippen LogP contribution is 2.29. The molecule has 9 heteroatoms. The van der Waals surface area contributed by atoms with E-state index in [1.165, 1.54) is 6.92 Å². The number of phosphoric acid groups is 1. The van der Waals surface area contributed by atoms with Gasteiger partial charge in [-0.3, -0.25) is 4.57 Å². The van der Waals surface area contributed by atoms with E-state index in [0.717, 1.165) is 0 Å². The third-order valence-corrected chi connectivity index (χ3v) is 1.85. The van der Waals surface area contributed by atoms with Crippen molar-refractivity contribution in [1.29, 1.82) is 0 Å². The van der Waals surface area contributed by atoms with Crippen molar-refractivity contribution in [2.24, 2.45) is 0 Å². The second-order valence-electron chi connectivity index (χ2n) is 1.92. The molecular formula is C8H22O7P2. The van der Waals surface area contributed by atoms with Crippen LogP contribution in [-0.2, 0) is 13.6 Å². The van der Waals surface area contributed by atoms with Crippen molar-refractivity contribution in [3.63, 3.8) is 0 Å². The SMILES string of the molecule is C=P([O-])([O-])OCC.CCOP(=O)([O-])O.[CH3+].[CH3+].[CH3+]. The zero-order valence-electron chi connectivity index (χ0n) is 10.9. The van der Waals surface area contributed by atoms with Crippen molar-refractivity contribution in [2.75, 3.05) is 13.2 Å². The van der Waals surface area contributed by atoms with Crippen molar-refractivity contribution in [3.05, 3.63) is 22.3 Å². The van der Waals surface area contributed by atoms with Crippen LogP contribution in [0.5, 0.6) is 0 Å². The highest BCUT2D eigenvalue weighted by molar-refractivity contribution is 7.54. The molecule has 1 N–H and O–H groups in total. The van der Waals surface area contributed by atoms with E-state index in [2.05, 4.69) is 15.3 Å². The van der Waals surface area contributed by atoms with Gasteiger partial charge in [-0.15, -0.1) is 6.30 Å². The molecule has 0 saturated heterocycles. The van der Waals surface area contributed by atoms with Gasteiger partial charge in [-0.2, -0.15) is 7.57 Å². The summed E-state index contributed by atoms with van der Waals surface area (Å²) in [5.74, 6) is 0. The summed E-state index contributed by atoms with van der Waals surface area (Å²) in [4.78, 5) is 37.2. The fourth-order valence-corrected chi connectivity index (χ4v) is 1.08. The van der Waals surface area contributed by atoms with Gasteiger partial charge in [-0.25, -0.2) is 0 Å². The van der Waals surface area contributed by atoms with E-state index in [0.29, 0.717) is 0 Å². The molecule has 0 bridgehead atoms. The van der Waals surface area contributed by atoms with Gasteiger partial charge in [0.25, 0.3) is 7.82 Å². The lowest BCUT2D eigenvalue weighted by Gasteiger charge is -2.36. The predicted octanol–water partition coefficient (Wildman–Crippen LogP) is -0.227. The molecule has 0 spiro atoms. The Kier molecular flexibility index (Phi) is 24.8. The summed E-state index contributed by atoms with van der Waals surface area (Å²) in [6.45, 7) is 3.22. The summed E-state index contributed by atoms with van der Waals surface area (Å²) in [5, 5.41) is 0. The van der Waals surface area contributed by atoms with E-state index in [4.69, 9.17) is 4.89 Å². The minimum atomic E-state index is -4.42. The van der Waals surface area contributed by atoms with Gasteiger partial charge in [-0.05, 0) is 13.8 Å². The number of rotatable bonds is 4. The van der Waals surface area contributed by atoms with Crippen LogP contribution in [0.3, 0.4) is 0 Å². The largest absolute Gasteiger partial charge is 0.821 e. The molecule has 106 valence electrons. The second-order valence-corrected chi connectivity index (χ2v) is 4.59. The van der Waals surface area contributed by atoms with Gasteiger partial charge in [0, 0.05) is 28.9 Å². The number of hydrogen-bond donors (Lipinski definition) is 1. The summed E-state index contributed by atoms with van der Waals surface area (Å²) in [6.07, 6.45) is 2.74. The molecule has 0 saturated carbocycles. The molecule has 0 rings (SSSR count). The van der Waals surface area contributed by atoms with Crippen LogP contribution in [0.15, 0.2) is 0 Å². The van der Waals surface area contributed by atoms with Crippen LogP contribution in [0, 0.1) is 22.3 Å². The Morgan fingerprint density at radius 2 is 1.35 bits per heavy atom. The van der Waals surface area contributed by atoms with E-state index in [1.807, 2.05) is 0 Å². The smallest absolute Gasteiger partial charge is 0.265 e. The predicted molar refractivity (Wildman–Crippen MR) is 66.4 cm³/mol. The summed E-state index contributed by atoms with van der Waals surface area (Å²) in [5.41, 5.74) is 0. The summed E-state index contributed by atoms with van der Waals surface area (Å²) in [7, 11) is -8.08. The molecule has 7 nitrogen and oxygen atoms in total. The zero-order valence-corrected chi connectivity index (χ0v) is 12.7. The lowest BCUT2D eigenvalue weighted by atomic mass is 10.9. The molecule has 0 radical (unpaired) electrons. The molecule has 0 amide bonds. The number of phosphoric ester groups is 1. The van der Waals surface area contributed by atoms with Crippen LogP contribution in [-0.4, -0.2) is 24.4 Å². The molecule has 0 aromatic heterocycles. The first kappa shape index (κ1) is 30.2. The highest BCUT2D eigenvalue weighted by Gasteiger charge is 1.95. The normalized spacial score (nSPS) is 12.6. The third kappa shape index (κ3) is 49.2. The van der Waals surface area contributed by atoms with Crippen LogP contribution < -0.4 is 14.7 Å². The topological polar surface area (TPSA) is 125 Å². The van der Waals surface area contributed by atoms with Gasteiger partial charge in [-0.1, -0.05) is 0 Å². The molecule has 0 aliphatic carbocycles. The van der Waals surface area contributed by atoms with Crippen molar-refractivity contribution >= 4 is 21.7 Å². The van der Waals surface area contributed by atoms with Crippen LogP contribution in [0.1, 0.15) is 13.8 Å². The number of hydrogen-bond acceptors (Lipinski definition) is 6. The second kappa shape index (κ2) is 14.0. The summed E-state index contributed by atoms with van der Waals surface area (Å²) in [6, 6.07) is 0. The minimum absolute atomic E-state index is 0. The standard InChI is InChI=1S/C3H7O3P.C2H7O4P.3CH3/c1-3-6-7(2,4)5;1-2-6-7(3,4)5;;;/h2-3H2,1H3;2H2,1H3,(H2,3,4,5);3*1H3/q-2;;3*+1/p-1. The van der Waals surface area contributed by atoms with Crippen molar-refractivity contribution < 1.29 is 33.2 Å². The molecule has 0 heterocycles. The van der Waals surface area contributed by atoms with Crippen LogP contribution >= 0.6 is 15.4 Å². The monoisotopic (exact) mass is 292 g/mol. The van der Waals surface area contributed by atoms with E-state index in [1.54, 1.807) is 6.92 Å². The lowest BCUT2D eigenvalue weighted by Crippen LogP contribution is -2.16. The average molecular weight is 292 g/mol. The highest BCUT2D eigenvalue weighted by atomic mass is 31.2. The first-order valence-electron chi connectivity index (χ1n) is 3.60. The van der Waals surface area contributed by atoms with Gasteiger partial charge in [0.15, 0.2) is 0 Å². The van der Waals surface area contributed by atoms with E-state index < -0.39 is 15.4 Å². The molecule has 0 aromatic rings. The maximum Gasteiger partial charge on any atom is 0.265 e. The Bertz CT molecular complexity index is 196. The maximum absolute atomic E-state index is 9.93. The van der Waals surface area contributed by atoms with E-state index >= 15 is 0 Å². The Balaban J connectivity index is -0.0000000480. The lowest BCUT2D eigenvalue weighted by molar-refractivity contribution is -0.322. The van der Waals surface area contributed by atoms with Gasteiger partial charge >= 0.3 is 0 Å². The van der Waals surface area contributed by atoms with Gasteiger partial charge in [0.2, 0.25) is 0 Å². The first-order chi connectivity index (χ1) is 6.12. The molecular weight excluding hydrogens is 270 g/mol. The Labute approximate surface area is 105 Å². The molecule has 0 fully saturated rings. The average Bonchev–Trinajstić information content (AvgIpc) is 1.81. The maximum atomic E-state index is 9.93. The fraction of sp³-hybridized carbons (Fsp3) is 0.500. The van der Waals surface area contributed by atoms with Crippen molar-refractivity contribution in [3.8, 4) is 0 Å². The van der Waals surface area contributed by atoms with E-state index in [-0.39, 0.29) is 35.5 Å². The third-order valence-electron chi connectivity index (χ3n) is 0.618. The van der Waals surface area contributed by atoms with E-state index in [9.17, 15) is 19.2 Å². The summed E-state index contributed by atoms with van der Waals surface area (Å²) >= 11 is 0. The molecule has 17 heavy (non-hydrogen) atoms. The minimum Gasteiger partial charge on any atom is -0.821 e. The van der Waals surface area contributed by atoms with Gasteiger partial charge < -0.3 is 28.6 Å². The Hall–Kier alpha value is -0.100. The quantitative estimate of drug-likeness (QED) is 0.560.